The van der Waals surface area contributed by atoms with Crippen molar-refractivity contribution < 1.29 is 9.94 Å². The minimum atomic E-state index is -0.156. The molecule has 6 heteroatoms. The molecule has 3 aliphatic heterocycles. The number of hydrogen-bond donors (Lipinski definition) is 2. The summed E-state index contributed by atoms with van der Waals surface area (Å²) in [7, 11) is 0. The van der Waals surface area contributed by atoms with Crippen LogP contribution in [0.3, 0.4) is 0 Å². The van der Waals surface area contributed by atoms with Crippen molar-refractivity contribution in [2.24, 2.45) is 5.10 Å². The van der Waals surface area contributed by atoms with Gasteiger partial charge in [0.25, 0.3) is 0 Å². The Bertz CT molecular complexity index is 344. The Labute approximate surface area is 120 Å². The Kier molecular flexibility index (Phi) is 4.75. The van der Waals surface area contributed by atoms with E-state index in [9.17, 15) is 5.21 Å². The molecule has 2 fully saturated rings. The summed E-state index contributed by atoms with van der Waals surface area (Å²) in [4.78, 5) is 2.45. The van der Waals surface area contributed by atoms with Crippen LogP contribution in [0.25, 0.3) is 0 Å². The molecule has 3 heterocycles. The van der Waals surface area contributed by atoms with Crippen molar-refractivity contribution >= 4 is 5.90 Å². The van der Waals surface area contributed by atoms with Gasteiger partial charge in [0.1, 0.15) is 12.6 Å². The highest BCUT2D eigenvalue weighted by atomic mass is 16.5. The summed E-state index contributed by atoms with van der Waals surface area (Å²) in [5, 5.41) is 16.0. The minimum absolute atomic E-state index is 0.156. The highest BCUT2D eigenvalue weighted by Gasteiger charge is 2.39. The van der Waals surface area contributed by atoms with Gasteiger partial charge in [0.2, 0.25) is 5.90 Å². The maximum atomic E-state index is 9.38. The lowest BCUT2D eigenvalue weighted by Crippen LogP contribution is -2.48. The first kappa shape index (κ1) is 14.1. The van der Waals surface area contributed by atoms with Gasteiger partial charge in [0.05, 0.1) is 6.04 Å². The number of rotatable bonds is 4. The van der Waals surface area contributed by atoms with Gasteiger partial charge in [-0.1, -0.05) is 6.42 Å². The molecule has 2 N–H and O–H groups in total. The van der Waals surface area contributed by atoms with Crippen LogP contribution in [0.15, 0.2) is 5.10 Å². The van der Waals surface area contributed by atoms with Crippen molar-refractivity contribution in [2.75, 3.05) is 32.8 Å². The molecular weight excluding hydrogens is 256 g/mol. The molecule has 0 bridgehead atoms. The maximum Gasteiger partial charge on any atom is 0.227 e. The first-order valence-corrected chi connectivity index (χ1v) is 7.98. The SMILES string of the molecule is ONC1C(OCCN2CCCCC2)=NN2CCCCC12. The van der Waals surface area contributed by atoms with Gasteiger partial charge in [-0.3, -0.25) is 9.91 Å². The Balaban J connectivity index is 1.48. The minimum Gasteiger partial charge on any atom is -0.477 e. The van der Waals surface area contributed by atoms with Gasteiger partial charge < -0.3 is 9.94 Å². The number of nitrogens with one attached hydrogen (secondary N) is 1. The topological polar surface area (TPSA) is 60.3 Å². The second-order valence-corrected chi connectivity index (χ2v) is 6.02. The van der Waals surface area contributed by atoms with E-state index < -0.39 is 0 Å². The number of hydrogen-bond acceptors (Lipinski definition) is 6. The van der Waals surface area contributed by atoms with E-state index >= 15 is 0 Å². The van der Waals surface area contributed by atoms with Crippen LogP contribution in [0.5, 0.6) is 0 Å². The predicted molar refractivity (Wildman–Crippen MR) is 76.7 cm³/mol. The van der Waals surface area contributed by atoms with Gasteiger partial charge in [0, 0.05) is 13.1 Å². The summed E-state index contributed by atoms with van der Waals surface area (Å²) in [5.74, 6) is 0.663. The lowest BCUT2D eigenvalue weighted by Gasteiger charge is -2.30. The normalized spacial score (nSPS) is 31.1. The van der Waals surface area contributed by atoms with E-state index in [2.05, 4.69) is 20.5 Å². The molecule has 0 aliphatic carbocycles. The Hall–Kier alpha value is -0.850. The lowest BCUT2D eigenvalue weighted by molar-refractivity contribution is 0.0822. The van der Waals surface area contributed by atoms with Crippen LogP contribution in [-0.4, -0.2) is 65.9 Å². The van der Waals surface area contributed by atoms with Crippen LogP contribution in [0, 0.1) is 0 Å². The molecule has 3 aliphatic rings. The third-order valence-electron chi connectivity index (χ3n) is 4.64. The van der Waals surface area contributed by atoms with E-state index in [1.54, 1.807) is 0 Å². The van der Waals surface area contributed by atoms with E-state index in [0.717, 1.165) is 19.5 Å². The second-order valence-electron chi connectivity index (χ2n) is 6.02. The average molecular weight is 282 g/mol. The summed E-state index contributed by atoms with van der Waals surface area (Å²) in [6.45, 7) is 4.97. The molecule has 0 radical (unpaired) electrons. The van der Waals surface area contributed by atoms with E-state index in [0.29, 0.717) is 12.5 Å². The Morgan fingerprint density at radius 1 is 1.15 bits per heavy atom. The first-order valence-electron chi connectivity index (χ1n) is 7.98. The number of piperidine rings is 2. The fourth-order valence-corrected chi connectivity index (χ4v) is 3.48. The zero-order valence-electron chi connectivity index (χ0n) is 12.1. The molecule has 0 aromatic heterocycles. The molecule has 3 rings (SSSR count). The van der Waals surface area contributed by atoms with Crippen LogP contribution in [0.1, 0.15) is 38.5 Å². The number of fused-ring (bicyclic) bond motifs is 1. The molecule has 0 aromatic rings. The second kappa shape index (κ2) is 6.74. The van der Waals surface area contributed by atoms with Crippen LogP contribution in [0.2, 0.25) is 0 Å². The van der Waals surface area contributed by atoms with Gasteiger partial charge in [-0.15, -0.1) is 5.10 Å². The highest BCUT2D eigenvalue weighted by molar-refractivity contribution is 5.84. The summed E-state index contributed by atoms with van der Waals surface area (Å²) in [6, 6.07) is 0.107. The predicted octanol–water partition coefficient (Wildman–Crippen LogP) is 1.02. The summed E-state index contributed by atoms with van der Waals surface area (Å²) in [6.07, 6.45) is 7.42. The van der Waals surface area contributed by atoms with Crippen molar-refractivity contribution in [3.8, 4) is 0 Å². The molecule has 20 heavy (non-hydrogen) atoms. The molecule has 0 saturated carbocycles. The molecule has 114 valence electrons. The Morgan fingerprint density at radius 3 is 2.75 bits per heavy atom. The van der Waals surface area contributed by atoms with Crippen LogP contribution >= 0.6 is 0 Å². The van der Waals surface area contributed by atoms with Gasteiger partial charge in [-0.05, 0) is 45.2 Å². The largest absolute Gasteiger partial charge is 0.477 e. The number of hydroxylamine groups is 1. The van der Waals surface area contributed by atoms with Crippen molar-refractivity contribution in [3.05, 3.63) is 0 Å². The van der Waals surface area contributed by atoms with E-state index in [1.807, 2.05) is 0 Å². The quantitative estimate of drug-likeness (QED) is 0.754. The van der Waals surface area contributed by atoms with Crippen molar-refractivity contribution in [3.63, 3.8) is 0 Å². The van der Waals surface area contributed by atoms with E-state index in [1.165, 1.54) is 45.2 Å². The summed E-state index contributed by atoms with van der Waals surface area (Å²) >= 11 is 0. The van der Waals surface area contributed by atoms with E-state index in [4.69, 9.17) is 4.74 Å². The van der Waals surface area contributed by atoms with E-state index in [-0.39, 0.29) is 12.1 Å². The molecule has 2 unspecified atom stereocenters. The molecule has 0 aromatic carbocycles. The third-order valence-corrected chi connectivity index (χ3v) is 4.64. The molecular formula is C14H26N4O2. The zero-order chi connectivity index (χ0) is 13.8. The molecule has 6 nitrogen and oxygen atoms in total. The summed E-state index contributed by atoms with van der Waals surface area (Å²) in [5.41, 5.74) is 2.39. The molecule has 0 spiro atoms. The van der Waals surface area contributed by atoms with Crippen molar-refractivity contribution in [1.29, 1.82) is 0 Å². The van der Waals surface area contributed by atoms with Crippen molar-refractivity contribution in [2.45, 2.75) is 50.6 Å². The van der Waals surface area contributed by atoms with Crippen molar-refractivity contribution in [1.82, 2.24) is 15.4 Å². The monoisotopic (exact) mass is 282 g/mol. The van der Waals surface area contributed by atoms with Gasteiger partial charge >= 0.3 is 0 Å². The average Bonchev–Trinajstić information content (AvgIpc) is 2.86. The smallest absolute Gasteiger partial charge is 0.227 e. The fourth-order valence-electron chi connectivity index (χ4n) is 3.48. The number of likely N-dealkylation sites (tertiary alicyclic amines) is 1. The van der Waals surface area contributed by atoms with Crippen LogP contribution in [0.4, 0.5) is 0 Å². The lowest BCUT2D eigenvalue weighted by atomic mass is 9.99. The maximum absolute atomic E-state index is 9.38. The summed E-state index contributed by atoms with van der Waals surface area (Å²) < 4.78 is 5.85. The van der Waals surface area contributed by atoms with Gasteiger partial charge in [-0.25, -0.2) is 0 Å². The first-order chi connectivity index (χ1) is 9.88. The van der Waals surface area contributed by atoms with Gasteiger partial charge in [0.15, 0.2) is 0 Å². The number of hydrazone groups is 1. The highest BCUT2D eigenvalue weighted by Crippen LogP contribution is 2.26. The zero-order valence-corrected chi connectivity index (χ0v) is 12.1. The number of ether oxygens (including phenoxy) is 1. The Morgan fingerprint density at radius 2 is 1.95 bits per heavy atom. The van der Waals surface area contributed by atoms with Gasteiger partial charge in [-0.2, -0.15) is 5.48 Å². The molecule has 2 atom stereocenters. The van der Waals surface area contributed by atoms with Crippen LogP contribution in [-0.2, 0) is 4.74 Å². The molecule has 0 amide bonds. The fraction of sp³-hybridized carbons (Fsp3) is 0.929. The number of nitrogens with zero attached hydrogens (tertiary/aromatic N) is 3. The third kappa shape index (κ3) is 3.07. The van der Waals surface area contributed by atoms with Crippen LogP contribution < -0.4 is 5.48 Å². The molecule has 2 saturated heterocycles. The standard InChI is InChI=1S/C14H26N4O2/c19-16-13-12-6-2-5-9-18(12)15-14(13)20-11-10-17-7-3-1-4-8-17/h12-13,16,19H,1-11H2.